The zero-order valence-corrected chi connectivity index (χ0v) is 21.4. The smallest absolute Gasteiger partial charge is 0.250 e. The van der Waals surface area contributed by atoms with Gasteiger partial charge in [-0.2, -0.15) is 0 Å². The number of para-hydroxylation sites is 1. The van der Waals surface area contributed by atoms with Crippen molar-refractivity contribution in [3.63, 3.8) is 0 Å². The second kappa shape index (κ2) is 9.24. The van der Waals surface area contributed by atoms with E-state index in [4.69, 9.17) is 4.74 Å². The fourth-order valence-corrected chi connectivity index (χ4v) is 7.25. The number of fused-ring (bicyclic) bond motifs is 2. The number of rotatable bonds is 6. The number of nitrogens with zero attached hydrogens (tertiary/aromatic N) is 1. The number of halogens is 1. The zero-order valence-electron chi connectivity index (χ0n) is 19.8. The third kappa shape index (κ3) is 3.84. The largest absolute Gasteiger partial charge is 0.395 e. The maximum absolute atomic E-state index is 13.8. The minimum absolute atomic E-state index is 0.0269. The Morgan fingerprint density at radius 2 is 1.68 bits per heavy atom. The Bertz CT molecular complexity index is 1380. The highest BCUT2D eigenvalue weighted by molar-refractivity contribution is 9.09. The Kier molecular flexibility index (Phi) is 6.01. The van der Waals surface area contributed by atoms with Crippen LogP contribution in [-0.4, -0.2) is 63.5 Å². The van der Waals surface area contributed by atoms with E-state index in [2.05, 4.69) is 26.6 Å². The van der Waals surface area contributed by atoms with Gasteiger partial charge in [0.15, 0.2) is 0 Å². The molecule has 3 fully saturated rings. The van der Waals surface area contributed by atoms with Crippen LogP contribution in [0.4, 0.5) is 11.4 Å². The van der Waals surface area contributed by atoms with E-state index in [1.165, 1.54) is 4.90 Å². The van der Waals surface area contributed by atoms with Crippen molar-refractivity contribution in [2.75, 3.05) is 23.8 Å². The summed E-state index contributed by atoms with van der Waals surface area (Å²) < 4.78 is 6.44. The number of β-amino-alcohol motifs (C(OH)–C–C–N with tert-alkyl or cyclic N) is 1. The van der Waals surface area contributed by atoms with Crippen molar-refractivity contribution < 1.29 is 24.2 Å². The summed E-state index contributed by atoms with van der Waals surface area (Å²) in [5.41, 5.74) is 0.0463. The van der Waals surface area contributed by atoms with Crippen LogP contribution in [0, 0.1) is 11.8 Å². The Hall–Kier alpha value is -3.27. The number of aliphatic hydroxyl groups is 1. The van der Waals surface area contributed by atoms with E-state index >= 15 is 0 Å². The molecule has 3 aromatic carbocycles. The van der Waals surface area contributed by atoms with Gasteiger partial charge in [-0.3, -0.25) is 14.4 Å². The molecule has 9 heteroatoms. The van der Waals surface area contributed by atoms with Gasteiger partial charge in [-0.25, -0.2) is 0 Å². The highest BCUT2D eigenvalue weighted by Crippen LogP contribution is 2.60. The van der Waals surface area contributed by atoms with Crippen LogP contribution >= 0.6 is 15.9 Å². The number of carbonyl (C=O) groups excluding carboxylic acids is 3. The number of carbonyl (C=O) groups is 3. The van der Waals surface area contributed by atoms with Crippen molar-refractivity contribution in [1.82, 2.24) is 4.90 Å². The molecular formula is C28H26BrN3O5. The van der Waals surface area contributed by atoms with Gasteiger partial charge in [0.25, 0.3) is 0 Å². The number of aliphatic hydroxyl groups excluding tert-OH is 1. The van der Waals surface area contributed by atoms with E-state index in [-0.39, 0.29) is 29.8 Å². The maximum atomic E-state index is 13.8. The van der Waals surface area contributed by atoms with Crippen LogP contribution in [0.5, 0.6) is 0 Å². The van der Waals surface area contributed by atoms with Crippen LogP contribution in [0.2, 0.25) is 0 Å². The number of benzene rings is 3. The molecule has 3 aromatic rings. The SMILES string of the molecule is O=C(Nc1ccc2ccccc2c1)C1N(CCO)C(=O)[C@@H]2[C@H](C(=O)Nc3ccccc3)[C@H]3OC12CC3Br. The third-order valence-electron chi connectivity index (χ3n) is 7.74. The lowest BCUT2D eigenvalue weighted by atomic mass is 9.70. The number of alkyl halides is 1. The van der Waals surface area contributed by atoms with Crippen molar-refractivity contribution >= 4 is 55.8 Å². The molecule has 3 saturated heterocycles. The standard InChI is InChI=1S/C28H26BrN3O5/c29-20-15-28-22(21(23(20)37-28)25(34)30-18-8-2-1-3-9-18)27(36)32(12-13-33)24(28)26(35)31-19-11-10-16-6-4-5-7-17(16)14-19/h1-11,14,20-24,33H,12-13,15H2,(H,30,34)(H,31,35)/t20?,21-,22-,23-,24?,28?/m0/s1. The monoisotopic (exact) mass is 563 g/mol. The van der Waals surface area contributed by atoms with Crippen molar-refractivity contribution in [3.05, 3.63) is 72.8 Å². The molecule has 6 rings (SSSR count). The number of likely N-dealkylation sites (tertiary alicyclic amines) is 1. The van der Waals surface area contributed by atoms with E-state index in [0.29, 0.717) is 17.8 Å². The van der Waals surface area contributed by atoms with Gasteiger partial charge in [0.1, 0.15) is 11.6 Å². The van der Waals surface area contributed by atoms with E-state index in [0.717, 1.165) is 10.8 Å². The number of ether oxygens (including phenoxy) is 1. The second-order valence-corrected chi connectivity index (χ2v) is 11.0. The van der Waals surface area contributed by atoms with Crippen molar-refractivity contribution in [2.45, 2.75) is 29.0 Å². The fraction of sp³-hybridized carbons (Fsp3) is 0.321. The van der Waals surface area contributed by atoms with Gasteiger partial charge in [-0.05, 0) is 41.5 Å². The number of hydrogen-bond donors (Lipinski definition) is 3. The van der Waals surface area contributed by atoms with Gasteiger partial charge < -0.3 is 25.4 Å². The summed E-state index contributed by atoms with van der Waals surface area (Å²) in [6, 6.07) is 21.5. The predicted molar refractivity (Wildman–Crippen MR) is 142 cm³/mol. The van der Waals surface area contributed by atoms with Crippen LogP contribution in [-0.2, 0) is 19.1 Å². The first kappa shape index (κ1) is 24.1. The molecule has 3 aliphatic rings. The number of amides is 3. The topological polar surface area (TPSA) is 108 Å². The number of anilines is 2. The Morgan fingerprint density at radius 1 is 0.973 bits per heavy atom. The second-order valence-electron chi connectivity index (χ2n) is 9.83. The van der Waals surface area contributed by atoms with Gasteiger partial charge in [0, 0.05) is 22.7 Å². The Balaban J connectivity index is 1.33. The molecule has 1 spiro atoms. The van der Waals surface area contributed by atoms with E-state index in [1.807, 2.05) is 60.7 Å². The third-order valence-corrected chi connectivity index (χ3v) is 8.58. The number of hydrogen-bond acceptors (Lipinski definition) is 5. The maximum Gasteiger partial charge on any atom is 0.250 e. The summed E-state index contributed by atoms with van der Waals surface area (Å²) in [6.45, 7) is -0.336. The molecule has 0 aromatic heterocycles. The van der Waals surface area contributed by atoms with Gasteiger partial charge >= 0.3 is 0 Å². The fourth-order valence-electron chi connectivity index (χ4n) is 6.30. The quantitative estimate of drug-likeness (QED) is 0.399. The van der Waals surface area contributed by atoms with Gasteiger partial charge in [-0.1, -0.05) is 64.5 Å². The molecule has 190 valence electrons. The molecule has 8 nitrogen and oxygen atoms in total. The van der Waals surface area contributed by atoms with Crippen molar-refractivity contribution in [2.24, 2.45) is 11.8 Å². The zero-order chi connectivity index (χ0) is 25.7. The summed E-state index contributed by atoms with van der Waals surface area (Å²) in [5.74, 6) is -2.66. The molecule has 0 saturated carbocycles. The van der Waals surface area contributed by atoms with Gasteiger partial charge in [0.05, 0.1) is 24.5 Å². The number of nitrogens with one attached hydrogen (secondary N) is 2. The van der Waals surface area contributed by atoms with Crippen molar-refractivity contribution in [3.8, 4) is 0 Å². The minimum Gasteiger partial charge on any atom is -0.395 e. The lowest BCUT2D eigenvalue weighted by Gasteiger charge is -2.34. The molecule has 0 aliphatic carbocycles. The van der Waals surface area contributed by atoms with Crippen LogP contribution in [0.15, 0.2) is 72.8 Å². The molecule has 3 heterocycles. The van der Waals surface area contributed by atoms with Crippen LogP contribution in [0.3, 0.4) is 0 Å². The first-order valence-corrected chi connectivity index (χ1v) is 13.2. The first-order valence-electron chi connectivity index (χ1n) is 12.3. The average molecular weight is 564 g/mol. The molecule has 3 amide bonds. The Labute approximate surface area is 222 Å². The normalized spacial score (nSPS) is 29.9. The molecule has 3 unspecified atom stereocenters. The van der Waals surface area contributed by atoms with Crippen molar-refractivity contribution in [1.29, 1.82) is 0 Å². The van der Waals surface area contributed by atoms with E-state index < -0.39 is 35.5 Å². The van der Waals surface area contributed by atoms with Crippen LogP contribution < -0.4 is 10.6 Å². The predicted octanol–water partition coefficient (Wildman–Crippen LogP) is 3.16. The summed E-state index contributed by atoms with van der Waals surface area (Å²) in [4.78, 5) is 42.2. The first-order chi connectivity index (χ1) is 17.9. The Morgan fingerprint density at radius 3 is 2.43 bits per heavy atom. The van der Waals surface area contributed by atoms with Crippen LogP contribution in [0.25, 0.3) is 10.8 Å². The summed E-state index contributed by atoms with van der Waals surface area (Å²) >= 11 is 3.65. The minimum atomic E-state index is -1.18. The van der Waals surface area contributed by atoms with Gasteiger partial charge in [-0.15, -0.1) is 0 Å². The molecule has 0 radical (unpaired) electrons. The van der Waals surface area contributed by atoms with Crippen LogP contribution in [0.1, 0.15) is 6.42 Å². The molecule has 3 N–H and O–H groups in total. The van der Waals surface area contributed by atoms with E-state index in [1.54, 1.807) is 12.1 Å². The molecular weight excluding hydrogens is 538 g/mol. The summed E-state index contributed by atoms with van der Waals surface area (Å²) in [6.07, 6.45) is -0.147. The highest BCUT2D eigenvalue weighted by atomic mass is 79.9. The lowest BCUT2D eigenvalue weighted by molar-refractivity contribution is -0.140. The molecule has 6 atom stereocenters. The van der Waals surface area contributed by atoms with E-state index in [9.17, 15) is 19.5 Å². The molecule has 2 bridgehead atoms. The summed E-state index contributed by atoms with van der Waals surface area (Å²) in [5, 5.41) is 17.6. The summed E-state index contributed by atoms with van der Waals surface area (Å²) in [7, 11) is 0. The lowest BCUT2D eigenvalue weighted by Crippen LogP contribution is -2.54. The molecule has 3 aliphatic heterocycles. The van der Waals surface area contributed by atoms with Gasteiger partial charge in [0.2, 0.25) is 17.7 Å². The average Bonchev–Trinajstić information content (AvgIpc) is 3.48. The highest BCUT2D eigenvalue weighted by Gasteiger charge is 2.76. The molecule has 37 heavy (non-hydrogen) atoms.